The summed E-state index contributed by atoms with van der Waals surface area (Å²) in [6.45, 7) is 0.967. The number of anilines is 2. The molecule has 0 bridgehead atoms. The second-order valence-electron chi connectivity index (χ2n) is 6.20. The highest BCUT2D eigenvalue weighted by molar-refractivity contribution is 7.92. The summed E-state index contributed by atoms with van der Waals surface area (Å²) in [5, 5.41) is 3.12. The molecule has 0 saturated carbocycles. The normalized spacial score (nSPS) is 11.3. The van der Waals surface area contributed by atoms with E-state index < -0.39 is 21.7 Å². The average Bonchev–Trinajstić information content (AvgIpc) is 2.67. The highest BCUT2D eigenvalue weighted by atomic mass is 32.2. The van der Waals surface area contributed by atoms with Crippen LogP contribution in [0.2, 0.25) is 0 Å². The van der Waals surface area contributed by atoms with Crippen LogP contribution in [0.1, 0.15) is 11.1 Å². The van der Waals surface area contributed by atoms with E-state index in [0.29, 0.717) is 25.0 Å². The molecule has 0 aliphatic heterocycles. The van der Waals surface area contributed by atoms with Gasteiger partial charge in [-0.15, -0.1) is 0 Å². The Kier molecular flexibility index (Phi) is 6.40. The van der Waals surface area contributed by atoms with Crippen LogP contribution in [-0.4, -0.2) is 20.5 Å². The van der Waals surface area contributed by atoms with Crippen molar-refractivity contribution >= 4 is 21.5 Å². The summed E-state index contributed by atoms with van der Waals surface area (Å²) in [5.74, 6) is -1.28. The summed E-state index contributed by atoms with van der Waals surface area (Å²) in [6.07, 6.45) is 1.17. The van der Waals surface area contributed by atoms with Gasteiger partial charge in [-0.1, -0.05) is 24.3 Å². The molecule has 0 aliphatic rings. The summed E-state index contributed by atoms with van der Waals surface area (Å²) < 4.78 is 58.6. The van der Waals surface area contributed by atoms with Crippen LogP contribution in [0.4, 0.5) is 20.3 Å². The molecule has 0 aliphatic carbocycles. The molecule has 0 unspecified atom stereocenters. The van der Waals surface area contributed by atoms with E-state index in [1.807, 2.05) is 24.3 Å². The van der Waals surface area contributed by atoms with E-state index in [-0.39, 0.29) is 10.6 Å². The van der Waals surface area contributed by atoms with Crippen molar-refractivity contribution in [1.29, 1.82) is 0 Å². The number of hydrogen-bond acceptors (Lipinski definition) is 5. The second kappa shape index (κ2) is 8.97. The van der Waals surface area contributed by atoms with Crippen molar-refractivity contribution in [3.05, 3.63) is 83.6 Å². The molecule has 0 amide bonds. The fraction of sp³-hybridized carbons (Fsp3) is 0.150. The van der Waals surface area contributed by atoms with Gasteiger partial charge in [0.2, 0.25) is 0 Å². The molecule has 2 N–H and O–H groups in total. The third kappa shape index (κ3) is 5.49. The number of methoxy groups -OCH3 is 1. The summed E-state index contributed by atoms with van der Waals surface area (Å²) in [4.78, 5) is 3.97. The summed E-state index contributed by atoms with van der Waals surface area (Å²) in [6, 6.07) is 13.1. The molecule has 152 valence electrons. The van der Waals surface area contributed by atoms with E-state index in [2.05, 4.69) is 15.0 Å². The standard InChI is InChI=1S/C20H19F2N3O3S/c1-28-13-15-5-3-2-4-14(15)11-23-20-7-6-19(12-24-20)29(26,27)25-18-9-16(21)8-17(22)10-18/h2-10,12,25H,11,13H2,1H3,(H,23,24). The molecule has 6 nitrogen and oxygen atoms in total. The Bertz CT molecular complexity index is 1070. The minimum atomic E-state index is -4.03. The van der Waals surface area contributed by atoms with Crippen LogP contribution in [0, 0.1) is 11.6 Å². The molecule has 3 aromatic rings. The maximum Gasteiger partial charge on any atom is 0.263 e. The smallest absolute Gasteiger partial charge is 0.263 e. The number of hydrogen-bond donors (Lipinski definition) is 2. The Morgan fingerprint density at radius 1 is 1.00 bits per heavy atom. The molecule has 0 spiro atoms. The van der Waals surface area contributed by atoms with Gasteiger partial charge in [-0.2, -0.15) is 0 Å². The molecule has 29 heavy (non-hydrogen) atoms. The Balaban J connectivity index is 1.69. The van der Waals surface area contributed by atoms with Gasteiger partial charge in [0, 0.05) is 25.9 Å². The summed E-state index contributed by atoms with van der Waals surface area (Å²) >= 11 is 0. The minimum Gasteiger partial charge on any atom is -0.380 e. The topological polar surface area (TPSA) is 80.3 Å². The van der Waals surface area contributed by atoms with Gasteiger partial charge in [0.25, 0.3) is 10.0 Å². The molecule has 0 atom stereocenters. The zero-order chi connectivity index (χ0) is 20.9. The lowest BCUT2D eigenvalue weighted by Gasteiger charge is -2.11. The van der Waals surface area contributed by atoms with E-state index in [4.69, 9.17) is 4.74 Å². The van der Waals surface area contributed by atoms with E-state index in [0.717, 1.165) is 23.3 Å². The van der Waals surface area contributed by atoms with E-state index in [1.54, 1.807) is 7.11 Å². The van der Waals surface area contributed by atoms with Crippen molar-refractivity contribution in [2.75, 3.05) is 17.1 Å². The van der Waals surface area contributed by atoms with Gasteiger partial charge in [-0.3, -0.25) is 4.72 Å². The number of rotatable bonds is 8. The molecule has 0 saturated heterocycles. The molecule has 2 aromatic carbocycles. The number of sulfonamides is 1. The van der Waals surface area contributed by atoms with Crippen molar-refractivity contribution in [1.82, 2.24) is 4.98 Å². The van der Waals surface area contributed by atoms with E-state index in [9.17, 15) is 17.2 Å². The first-order valence-electron chi connectivity index (χ1n) is 8.62. The lowest BCUT2D eigenvalue weighted by molar-refractivity contribution is 0.184. The van der Waals surface area contributed by atoms with Crippen LogP contribution in [-0.2, 0) is 27.9 Å². The fourth-order valence-corrected chi connectivity index (χ4v) is 3.67. The van der Waals surface area contributed by atoms with Crippen molar-refractivity contribution in [3.63, 3.8) is 0 Å². The molecule has 1 aromatic heterocycles. The third-order valence-electron chi connectivity index (χ3n) is 4.04. The first kappa shape index (κ1) is 20.7. The summed E-state index contributed by atoms with van der Waals surface area (Å²) in [5.41, 5.74) is 1.86. The van der Waals surface area contributed by atoms with E-state index >= 15 is 0 Å². The van der Waals surface area contributed by atoms with Gasteiger partial charge in [0.15, 0.2) is 0 Å². The van der Waals surface area contributed by atoms with Gasteiger partial charge < -0.3 is 10.1 Å². The molecule has 0 fully saturated rings. The third-order valence-corrected chi connectivity index (χ3v) is 5.41. The van der Waals surface area contributed by atoms with E-state index in [1.165, 1.54) is 18.3 Å². The predicted molar refractivity (Wildman–Crippen MR) is 106 cm³/mol. The number of halogens is 2. The number of aromatic nitrogens is 1. The van der Waals surface area contributed by atoms with Crippen LogP contribution >= 0.6 is 0 Å². The molecule has 0 radical (unpaired) electrons. The zero-order valence-corrected chi connectivity index (χ0v) is 16.3. The van der Waals surface area contributed by atoms with Crippen LogP contribution in [0.3, 0.4) is 0 Å². The SMILES string of the molecule is COCc1ccccc1CNc1ccc(S(=O)(=O)Nc2cc(F)cc(F)c2)cn1. The Hall–Kier alpha value is -3.04. The van der Waals surface area contributed by atoms with Gasteiger partial charge in [0.1, 0.15) is 22.3 Å². The van der Waals surface area contributed by atoms with Crippen molar-refractivity contribution in [3.8, 4) is 0 Å². The number of benzene rings is 2. The number of nitrogens with one attached hydrogen (secondary N) is 2. The molecular weight excluding hydrogens is 400 g/mol. The first-order valence-corrected chi connectivity index (χ1v) is 10.1. The number of nitrogens with zero attached hydrogens (tertiary/aromatic N) is 1. The van der Waals surface area contributed by atoms with Crippen molar-refractivity contribution in [2.45, 2.75) is 18.0 Å². The van der Waals surface area contributed by atoms with Crippen molar-refractivity contribution in [2.24, 2.45) is 0 Å². The Morgan fingerprint density at radius 3 is 2.31 bits per heavy atom. The maximum absolute atomic E-state index is 13.3. The van der Waals surface area contributed by atoms with Gasteiger partial charge >= 0.3 is 0 Å². The number of pyridine rings is 1. The summed E-state index contributed by atoms with van der Waals surface area (Å²) in [7, 11) is -2.41. The first-order chi connectivity index (χ1) is 13.9. The largest absolute Gasteiger partial charge is 0.380 e. The molecule has 9 heteroatoms. The Morgan fingerprint density at radius 2 is 1.69 bits per heavy atom. The van der Waals surface area contributed by atoms with Crippen LogP contribution in [0.15, 0.2) is 65.7 Å². The van der Waals surface area contributed by atoms with Crippen LogP contribution in [0.5, 0.6) is 0 Å². The lowest BCUT2D eigenvalue weighted by Crippen LogP contribution is -2.14. The zero-order valence-electron chi connectivity index (χ0n) is 15.5. The average molecular weight is 419 g/mol. The lowest BCUT2D eigenvalue weighted by atomic mass is 10.1. The van der Waals surface area contributed by atoms with Gasteiger partial charge in [0.05, 0.1) is 12.3 Å². The predicted octanol–water partition coefficient (Wildman–Crippen LogP) is 3.92. The molecule has 1 heterocycles. The van der Waals surface area contributed by atoms with Gasteiger partial charge in [-0.25, -0.2) is 22.2 Å². The fourth-order valence-electron chi connectivity index (χ4n) is 2.68. The maximum atomic E-state index is 13.3. The van der Waals surface area contributed by atoms with Crippen LogP contribution in [0.25, 0.3) is 0 Å². The van der Waals surface area contributed by atoms with Gasteiger partial charge in [-0.05, 0) is 35.4 Å². The number of ether oxygens (including phenoxy) is 1. The minimum absolute atomic E-state index is 0.132. The second-order valence-corrected chi connectivity index (χ2v) is 7.88. The molecule has 3 rings (SSSR count). The highest BCUT2D eigenvalue weighted by Crippen LogP contribution is 2.19. The highest BCUT2D eigenvalue weighted by Gasteiger charge is 2.16. The monoisotopic (exact) mass is 419 g/mol. The Labute approximate surface area is 167 Å². The molecular formula is C20H19F2N3O3S. The quantitative estimate of drug-likeness (QED) is 0.579. The van der Waals surface area contributed by atoms with Crippen molar-refractivity contribution < 1.29 is 21.9 Å². The van der Waals surface area contributed by atoms with Crippen LogP contribution < -0.4 is 10.0 Å².